The predicted molar refractivity (Wildman–Crippen MR) is 35.5 cm³/mol. The van der Waals surface area contributed by atoms with Gasteiger partial charge >= 0.3 is 45.3 Å². The Hall–Kier alpha value is 1.46. The van der Waals surface area contributed by atoms with Crippen LogP contribution in [0, 0.1) is 0 Å². The van der Waals surface area contributed by atoms with Crippen LogP contribution < -0.4 is 0 Å². The Morgan fingerprint density at radius 1 is 1.00 bits per heavy atom. The first kappa shape index (κ1) is 15.8. The van der Waals surface area contributed by atoms with Crippen LogP contribution in [0.15, 0.2) is 0 Å². The van der Waals surface area contributed by atoms with Crippen molar-refractivity contribution >= 4 is 24.8 Å². The first-order valence-corrected chi connectivity index (χ1v) is 5.60. The smallest absolute Gasteiger partial charge is 0.147 e. The Labute approximate surface area is 69.8 Å². The Kier molecular flexibility index (Phi) is 35.3. The first-order chi connectivity index (χ1) is 2.41. The van der Waals surface area contributed by atoms with E-state index in [-0.39, 0.29) is 48.0 Å². The third kappa shape index (κ3) is 18.6. The zero-order chi connectivity index (χ0) is 4.12. The van der Waals surface area contributed by atoms with Gasteiger partial charge in [-0.15, -0.1) is 24.8 Å². The molecule has 0 rings (SSSR count). The monoisotopic (exact) mass is 220 g/mol. The SMILES string of the molecule is C[CH2][Zr][CH2]C.Cl.Cl. The summed E-state index contributed by atoms with van der Waals surface area (Å²) in [6, 6.07) is 0. The van der Waals surface area contributed by atoms with Crippen LogP contribution in [0.3, 0.4) is 0 Å². The molecular formula is C4H12Cl2Zr. The van der Waals surface area contributed by atoms with Crippen LogP contribution in [-0.2, 0) is 23.2 Å². The summed E-state index contributed by atoms with van der Waals surface area (Å²) in [5, 5.41) is 0. The largest absolute Gasteiger partial charge is 0.147 e. The summed E-state index contributed by atoms with van der Waals surface area (Å²) in [7, 11) is 0. The molecule has 0 amide bonds. The van der Waals surface area contributed by atoms with Gasteiger partial charge in [0.25, 0.3) is 0 Å². The van der Waals surface area contributed by atoms with E-state index < -0.39 is 0 Å². The predicted octanol–water partition coefficient (Wildman–Crippen LogP) is 2.79. The van der Waals surface area contributed by atoms with Crippen LogP contribution in [0.1, 0.15) is 13.8 Å². The molecule has 0 atom stereocenters. The van der Waals surface area contributed by atoms with Gasteiger partial charge in [-0.2, -0.15) is 0 Å². The number of hydrogen-bond donors (Lipinski definition) is 0. The van der Waals surface area contributed by atoms with Crippen molar-refractivity contribution in [1.82, 2.24) is 0 Å². The second kappa shape index (κ2) is 15.7. The number of hydrogen-bond acceptors (Lipinski definition) is 0. The van der Waals surface area contributed by atoms with Crippen molar-refractivity contribution in [1.29, 1.82) is 0 Å². The Balaban J connectivity index is -0.0000000800. The van der Waals surface area contributed by atoms with Crippen LogP contribution in [-0.4, -0.2) is 0 Å². The van der Waals surface area contributed by atoms with Crippen LogP contribution >= 0.6 is 24.8 Å². The molecule has 0 aliphatic carbocycles. The van der Waals surface area contributed by atoms with Crippen LogP contribution in [0.4, 0.5) is 0 Å². The molecule has 0 radical (unpaired) electrons. The molecule has 0 heterocycles. The maximum absolute atomic E-state index is 2.29. The molecule has 0 spiro atoms. The molecule has 0 saturated carbocycles. The normalized spacial score (nSPS) is 5.43. The maximum atomic E-state index is 2.29. The van der Waals surface area contributed by atoms with Gasteiger partial charge in [0.05, 0.1) is 0 Å². The van der Waals surface area contributed by atoms with E-state index in [1.165, 1.54) is 8.26 Å². The van der Waals surface area contributed by atoms with Gasteiger partial charge in [-0.3, -0.25) is 0 Å². The van der Waals surface area contributed by atoms with Gasteiger partial charge in [-0.1, -0.05) is 0 Å². The molecule has 0 aliphatic heterocycles. The summed E-state index contributed by atoms with van der Waals surface area (Å²) in [4.78, 5) is 0. The molecule has 0 nitrogen and oxygen atoms in total. The Morgan fingerprint density at radius 3 is 1.29 bits per heavy atom. The van der Waals surface area contributed by atoms with E-state index in [0.717, 1.165) is 0 Å². The van der Waals surface area contributed by atoms with Crippen molar-refractivity contribution in [2.75, 3.05) is 0 Å². The van der Waals surface area contributed by atoms with Crippen molar-refractivity contribution in [3.05, 3.63) is 0 Å². The van der Waals surface area contributed by atoms with Crippen molar-refractivity contribution in [2.45, 2.75) is 22.1 Å². The summed E-state index contributed by atoms with van der Waals surface area (Å²) < 4.78 is 3.03. The fourth-order valence-corrected chi connectivity index (χ4v) is 1.48. The molecule has 0 aromatic heterocycles. The van der Waals surface area contributed by atoms with Crippen LogP contribution in [0.25, 0.3) is 0 Å². The summed E-state index contributed by atoms with van der Waals surface area (Å²) >= 11 is 0.218. The minimum Gasteiger partial charge on any atom is -0.147 e. The summed E-state index contributed by atoms with van der Waals surface area (Å²) in [6.45, 7) is 4.57. The molecule has 0 aromatic rings. The third-order valence-corrected chi connectivity index (χ3v) is 2.96. The van der Waals surface area contributed by atoms with E-state index in [9.17, 15) is 0 Å². The fraction of sp³-hybridized carbons (Fsp3) is 1.00. The van der Waals surface area contributed by atoms with E-state index in [1.807, 2.05) is 0 Å². The van der Waals surface area contributed by atoms with Crippen molar-refractivity contribution in [3.63, 3.8) is 0 Å². The second-order valence-corrected chi connectivity index (χ2v) is 5.66. The molecule has 0 bridgehead atoms. The molecule has 0 fully saturated rings. The van der Waals surface area contributed by atoms with Gasteiger partial charge in [-0.25, -0.2) is 0 Å². The topological polar surface area (TPSA) is 0 Å². The van der Waals surface area contributed by atoms with Gasteiger partial charge in [0.1, 0.15) is 0 Å². The molecule has 3 heteroatoms. The van der Waals surface area contributed by atoms with E-state index in [1.54, 1.807) is 0 Å². The van der Waals surface area contributed by atoms with Crippen molar-refractivity contribution in [3.8, 4) is 0 Å². The molecule has 0 N–H and O–H groups in total. The summed E-state index contributed by atoms with van der Waals surface area (Å²) in [5.41, 5.74) is 0. The quantitative estimate of drug-likeness (QED) is 0.674. The van der Waals surface area contributed by atoms with E-state index in [4.69, 9.17) is 0 Å². The molecule has 0 aromatic carbocycles. The third-order valence-electron chi connectivity index (χ3n) is 0.500. The average Bonchev–Trinajstić information content (AvgIpc) is 1.41. The van der Waals surface area contributed by atoms with Gasteiger partial charge in [0, 0.05) is 0 Å². The zero-order valence-electron chi connectivity index (χ0n) is 4.73. The van der Waals surface area contributed by atoms with Crippen LogP contribution in [0.5, 0.6) is 0 Å². The molecule has 46 valence electrons. The van der Waals surface area contributed by atoms with Gasteiger partial charge in [0.2, 0.25) is 0 Å². The molecule has 0 saturated heterocycles. The standard InChI is InChI=1S/2C2H5.2ClH.Zr/c2*1-2;;;/h2*1H2,2H3;2*1H;. The molecular weight excluding hydrogens is 210 g/mol. The summed E-state index contributed by atoms with van der Waals surface area (Å²) in [6.07, 6.45) is 0. The maximum Gasteiger partial charge on any atom is -0.147 e. The van der Waals surface area contributed by atoms with Gasteiger partial charge < -0.3 is 0 Å². The minimum absolute atomic E-state index is 0. The molecule has 0 unspecified atom stereocenters. The molecule has 0 aliphatic rings. The van der Waals surface area contributed by atoms with Crippen molar-refractivity contribution in [2.24, 2.45) is 0 Å². The number of halogens is 2. The second-order valence-electron chi connectivity index (χ2n) is 0.957. The van der Waals surface area contributed by atoms with E-state index >= 15 is 0 Å². The van der Waals surface area contributed by atoms with Gasteiger partial charge in [0.15, 0.2) is 0 Å². The fourth-order valence-electron chi connectivity index (χ4n) is 0.250. The first-order valence-electron chi connectivity index (χ1n) is 2.12. The van der Waals surface area contributed by atoms with E-state index in [0.29, 0.717) is 0 Å². The van der Waals surface area contributed by atoms with E-state index in [2.05, 4.69) is 13.8 Å². The zero-order valence-corrected chi connectivity index (χ0v) is 8.82. The average molecular weight is 222 g/mol. The van der Waals surface area contributed by atoms with Gasteiger partial charge in [-0.05, 0) is 0 Å². The minimum atomic E-state index is 0. The Morgan fingerprint density at radius 2 is 1.29 bits per heavy atom. The summed E-state index contributed by atoms with van der Waals surface area (Å²) in [5.74, 6) is 0. The number of rotatable bonds is 2. The van der Waals surface area contributed by atoms with Crippen molar-refractivity contribution < 1.29 is 23.2 Å². The molecule has 7 heavy (non-hydrogen) atoms. The Bertz CT molecular complexity index is 17.2. The van der Waals surface area contributed by atoms with Crippen LogP contribution in [0.2, 0.25) is 8.26 Å².